The molecule has 0 saturated carbocycles. The molecule has 0 bridgehead atoms. The van der Waals surface area contributed by atoms with Crippen LogP contribution in [0.15, 0.2) is 35.5 Å². The molecule has 1 saturated heterocycles. The van der Waals surface area contributed by atoms with Crippen LogP contribution in [-0.2, 0) is 14.8 Å². The van der Waals surface area contributed by atoms with Crippen LogP contribution >= 0.6 is 34.8 Å². The highest BCUT2D eigenvalue weighted by molar-refractivity contribution is 7.89. The van der Waals surface area contributed by atoms with Crippen LogP contribution in [0.5, 0.6) is 0 Å². The molecule has 1 aromatic heterocycles. The molecule has 0 atom stereocenters. The fourth-order valence-corrected chi connectivity index (χ4v) is 5.55. The number of hydrogen-bond donors (Lipinski definition) is 1. The molecule has 7 nitrogen and oxygen atoms in total. The van der Waals surface area contributed by atoms with Crippen molar-refractivity contribution < 1.29 is 13.2 Å². The van der Waals surface area contributed by atoms with Crippen molar-refractivity contribution in [2.75, 3.05) is 36.4 Å². The number of amides is 1. The van der Waals surface area contributed by atoms with Crippen LogP contribution in [0.4, 0.5) is 11.4 Å². The van der Waals surface area contributed by atoms with Crippen molar-refractivity contribution in [2.45, 2.75) is 18.2 Å². The molecule has 1 amide bonds. The Kier molecular flexibility index (Phi) is 6.90. The minimum atomic E-state index is -3.75. The molecule has 0 spiro atoms. The third kappa shape index (κ3) is 4.95. The van der Waals surface area contributed by atoms with E-state index in [0.717, 1.165) is 0 Å². The molecule has 2 heterocycles. The normalized spacial score (nSPS) is 15.8. The Morgan fingerprint density at radius 1 is 1.03 bits per heavy atom. The number of carbonyl (C=O) groups excluding carboxylic acids is 1. The third-order valence-electron chi connectivity index (χ3n) is 4.49. The quantitative estimate of drug-likeness (QED) is 0.722. The highest BCUT2D eigenvalue weighted by atomic mass is 35.5. The number of anilines is 2. The molecule has 1 fully saturated rings. The Morgan fingerprint density at radius 2 is 1.72 bits per heavy atom. The molecular weight excluding hydrogens is 459 g/mol. The fraction of sp³-hybridized carbons (Fsp3) is 0.333. The monoisotopic (exact) mass is 476 g/mol. The first-order valence-electron chi connectivity index (χ1n) is 8.81. The third-order valence-corrected chi connectivity index (χ3v) is 7.25. The van der Waals surface area contributed by atoms with E-state index in [4.69, 9.17) is 34.8 Å². The SMILES string of the molecule is CC(=O)Nc1ccc(S(=O)(=O)N2CCCN(c3c(Cl)cncc3Cl)CC2)cc1Cl. The maximum absolute atomic E-state index is 13.1. The highest BCUT2D eigenvalue weighted by Crippen LogP contribution is 2.34. The van der Waals surface area contributed by atoms with Crippen molar-refractivity contribution in [3.63, 3.8) is 0 Å². The second-order valence-electron chi connectivity index (χ2n) is 6.52. The van der Waals surface area contributed by atoms with E-state index >= 15 is 0 Å². The summed E-state index contributed by atoms with van der Waals surface area (Å²) in [4.78, 5) is 17.2. The molecule has 0 radical (unpaired) electrons. The first-order valence-corrected chi connectivity index (χ1v) is 11.4. The zero-order valence-corrected chi connectivity index (χ0v) is 18.6. The highest BCUT2D eigenvalue weighted by Gasteiger charge is 2.28. The largest absolute Gasteiger partial charge is 0.368 e. The Morgan fingerprint density at radius 3 is 2.34 bits per heavy atom. The molecule has 0 aliphatic carbocycles. The lowest BCUT2D eigenvalue weighted by Crippen LogP contribution is -2.35. The average Bonchev–Trinajstić information content (AvgIpc) is 2.89. The van der Waals surface area contributed by atoms with Crippen LogP contribution in [0.3, 0.4) is 0 Å². The van der Waals surface area contributed by atoms with Gasteiger partial charge in [0.15, 0.2) is 0 Å². The smallest absolute Gasteiger partial charge is 0.243 e. The van der Waals surface area contributed by atoms with Crippen molar-refractivity contribution in [1.29, 1.82) is 0 Å². The molecule has 2 aromatic rings. The maximum atomic E-state index is 13.1. The van der Waals surface area contributed by atoms with Gasteiger partial charge in [-0.1, -0.05) is 34.8 Å². The van der Waals surface area contributed by atoms with Crippen LogP contribution in [-0.4, -0.2) is 49.8 Å². The summed E-state index contributed by atoms with van der Waals surface area (Å²) in [5.74, 6) is -0.288. The number of pyridine rings is 1. The van der Waals surface area contributed by atoms with Crippen molar-refractivity contribution in [3.05, 3.63) is 45.7 Å². The van der Waals surface area contributed by atoms with Crippen LogP contribution in [0.2, 0.25) is 15.1 Å². The number of nitrogens with one attached hydrogen (secondary N) is 1. The summed E-state index contributed by atoms with van der Waals surface area (Å²) in [7, 11) is -3.75. The van der Waals surface area contributed by atoms with E-state index in [1.165, 1.54) is 41.8 Å². The molecule has 29 heavy (non-hydrogen) atoms. The lowest BCUT2D eigenvalue weighted by molar-refractivity contribution is -0.114. The summed E-state index contributed by atoms with van der Waals surface area (Å²) in [6, 6.07) is 4.27. The van der Waals surface area contributed by atoms with Gasteiger partial charge in [-0.2, -0.15) is 4.31 Å². The van der Waals surface area contributed by atoms with E-state index in [2.05, 4.69) is 10.3 Å². The van der Waals surface area contributed by atoms with Gasteiger partial charge in [-0.25, -0.2) is 8.42 Å². The molecule has 0 unspecified atom stereocenters. The molecule has 3 rings (SSSR count). The topological polar surface area (TPSA) is 82.6 Å². The molecule has 11 heteroatoms. The van der Waals surface area contributed by atoms with Gasteiger partial charge in [-0.3, -0.25) is 9.78 Å². The molecule has 1 aliphatic heterocycles. The van der Waals surface area contributed by atoms with E-state index in [1.54, 1.807) is 0 Å². The van der Waals surface area contributed by atoms with Crippen molar-refractivity contribution in [3.8, 4) is 0 Å². The number of hydrogen-bond acceptors (Lipinski definition) is 5. The lowest BCUT2D eigenvalue weighted by atomic mass is 10.3. The number of nitrogens with zero attached hydrogens (tertiary/aromatic N) is 3. The Balaban J connectivity index is 1.80. The van der Waals surface area contributed by atoms with Crippen LogP contribution < -0.4 is 10.2 Å². The van der Waals surface area contributed by atoms with E-state index in [-0.39, 0.29) is 22.4 Å². The van der Waals surface area contributed by atoms with Gasteiger partial charge < -0.3 is 10.2 Å². The molecule has 156 valence electrons. The van der Waals surface area contributed by atoms with Crippen molar-refractivity contribution >= 4 is 62.1 Å². The summed E-state index contributed by atoms with van der Waals surface area (Å²) in [6.45, 7) is 3.01. The van der Waals surface area contributed by atoms with Gasteiger partial charge in [0.1, 0.15) is 0 Å². The number of rotatable bonds is 4. The van der Waals surface area contributed by atoms with Gasteiger partial charge in [0.2, 0.25) is 15.9 Å². The van der Waals surface area contributed by atoms with Crippen molar-refractivity contribution in [1.82, 2.24) is 9.29 Å². The number of sulfonamides is 1. The second kappa shape index (κ2) is 9.06. The number of benzene rings is 1. The van der Waals surface area contributed by atoms with Crippen molar-refractivity contribution in [2.24, 2.45) is 0 Å². The average molecular weight is 478 g/mol. The standard InChI is InChI=1S/C18H19Cl3N4O3S/c1-12(26)23-17-4-3-13(9-14(17)19)29(27,28)25-6-2-5-24(7-8-25)18-15(20)10-22-11-16(18)21/h3-4,9-11H,2,5-8H2,1H3,(H,23,26). The summed E-state index contributed by atoms with van der Waals surface area (Å²) in [6.07, 6.45) is 3.63. The Hall–Kier alpha value is -1.58. The number of aromatic nitrogens is 1. The van der Waals surface area contributed by atoms with E-state index in [0.29, 0.717) is 47.5 Å². The first kappa shape index (κ1) is 22.1. The lowest BCUT2D eigenvalue weighted by Gasteiger charge is -2.25. The fourth-order valence-electron chi connectivity index (χ4n) is 3.16. The second-order valence-corrected chi connectivity index (χ2v) is 9.68. The van der Waals surface area contributed by atoms with Crippen LogP contribution in [0.25, 0.3) is 0 Å². The zero-order valence-electron chi connectivity index (χ0n) is 15.5. The first-order chi connectivity index (χ1) is 13.7. The molecular formula is C18H19Cl3N4O3S. The molecule has 1 aliphatic rings. The maximum Gasteiger partial charge on any atom is 0.243 e. The summed E-state index contributed by atoms with van der Waals surface area (Å²) >= 11 is 18.6. The predicted molar refractivity (Wildman–Crippen MR) is 116 cm³/mol. The molecule has 1 aromatic carbocycles. The Bertz CT molecular complexity index is 1010. The van der Waals surface area contributed by atoms with Gasteiger partial charge in [0.05, 0.1) is 31.3 Å². The minimum Gasteiger partial charge on any atom is -0.368 e. The number of halogens is 3. The summed E-state index contributed by atoms with van der Waals surface area (Å²) in [5, 5.41) is 3.57. The summed E-state index contributed by atoms with van der Waals surface area (Å²) < 4.78 is 27.6. The Labute approximate surface area is 184 Å². The van der Waals surface area contributed by atoms with Crippen LogP contribution in [0.1, 0.15) is 13.3 Å². The van der Waals surface area contributed by atoms with E-state index in [9.17, 15) is 13.2 Å². The molecule has 1 N–H and O–H groups in total. The minimum absolute atomic E-state index is 0.0741. The van der Waals surface area contributed by atoms with E-state index < -0.39 is 10.0 Å². The predicted octanol–water partition coefficient (Wildman–Crippen LogP) is 3.90. The van der Waals surface area contributed by atoms with Gasteiger partial charge in [0.25, 0.3) is 0 Å². The number of carbonyl (C=O) groups is 1. The van der Waals surface area contributed by atoms with Crippen LogP contribution in [0, 0.1) is 0 Å². The summed E-state index contributed by atoms with van der Waals surface area (Å²) in [5.41, 5.74) is 1.02. The zero-order chi connectivity index (χ0) is 21.2. The van der Waals surface area contributed by atoms with Gasteiger partial charge in [-0.05, 0) is 24.6 Å². The van der Waals surface area contributed by atoms with Gasteiger partial charge in [0, 0.05) is 45.5 Å². The van der Waals surface area contributed by atoms with E-state index in [1.807, 2.05) is 4.90 Å². The van der Waals surface area contributed by atoms with Gasteiger partial charge >= 0.3 is 0 Å². The van der Waals surface area contributed by atoms with Gasteiger partial charge in [-0.15, -0.1) is 0 Å².